The molecule has 0 radical (unpaired) electrons. The summed E-state index contributed by atoms with van der Waals surface area (Å²) in [6, 6.07) is 1.96. The Morgan fingerprint density at radius 2 is 2.08 bits per heavy atom. The number of rotatable bonds is 1. The maximum atomic E-state index is 11.3. The van der Waals surface area contributed by atoms with Gasteiger partial charge < -0.3 is 5.32 Å². The predicted octanol–water partition coefficient (Wildman–Crippen LogP) is 2.41. The van der Waals surface area contributed by atoms with Crippen molar-refractivity contribution in [3.05, 3.63) is 21.9 Å². The minimum absolute atomic E-state index is 0.000463. The fourth-order valence-corrected chi connectivity index (χ4v) is 2.05. The van der Waals surface area contributed by atoms with E-state index in [1.54, 1.807) is 7.05 Å². The van der Waals surface area contributed by atoms with Gasteiger partial charge in [0.05, 0.1) is 4.88 Å². The lowest BCUT2D eigenvalue weighted by molar-refractivity contribution is 0.0967. The molecule has 72 valence electrons. The van der Waals surface area contributed by atoms with Gasteiger partial charge >= 0.3 is 0 Å². The van der Waals surface area contributed by atoms with Crippen molar-refractivity contribution in [3.63, 3.8) is 0 Å². The number of hydrogen-bond donors (Lipinski definition) is 1. The van der Waals surface area contributed by atoms with Crippen LogP contribution in [0.1, 0.15) is 36.0 Å². The molecule has 0 bridgehead atoms. The van der Waals surface area contributed by atoms with Crippen LogP contribution in [0.25, 0.3) is 0 Å². The average molecular weight is 197 g/mol. The molecule has 1 N–H and O–H groups in total. The highest BCUT2D eigenvalue weighted by molar-refractivity contribution is 7.12. The van der Waals surface area contributed by atoms with Gasteiger partial charge in [0, 0.05) is 7.05 Å². The first-order valence-electron chi connectivity index (χ1n) is 4.26. The molecule has 1 aromatic rings. The molecule has 1 amide bonds. The number of carbonyl (C=O) groups excluding carboxylic acids is 1. The van der Waals surface area contributed by atoms with E-state index in [1.807, 2.05) is 11.4 Å². The van der Waals surface area contributed by atoms with Gasteiger partial charge in [-0.2, -0.15) is 0 Å². The van der Waals surface area contributed by atoms with Gasteiger partial charge in [0.15, 0.2) is 0 Å². The lowest BCUT2D eigenvalue weighted by Crippen LogP contribution is -2.16. The minimum Gasteiger partial charge on any atom is -0.354 e. The van der Waals surface area contributed by atoms with Crippen molar-refractivity contribution in [2.24, 2.45) is 0 Å². The maximum Gasteiger partial charge on any atom is 0.261 e. The molecule has 3 heteroatoms. The highest BCUT2D eigenvalue weighted by Gasteiger charge is 2.17. The van der Waals surface area contributed by atoms with E-state index in [9.17, 15) is 4.79 Å². The second-order valence-electron chi connectivity index (χ2n) is 4.03. The molecular formula is C10H15NOS. The molecule has 0 aliphatic heterocycles. The molecule has 0 fully saturated rings. The van der Waals surface area contributed by atoms with Crippen molar-refractivity contribution < 1.29 is 4.79 Å². The van der Waals surface area contributed by atoms with Gasteiger partial charge in [-0.05, 0) is 22.4 Å². The third kappa shape index (κ3) is 2.31. The fourth-order valence-electron chi connectivity index (χ4n) is 0.972. The van der Waals surface area contributed by atoms with Crippen LogP contribution in [0, 0.1) is 0 Å². The third-order valence-corrected chi connectivity index (χ3v) is 2.85. The van der Waals surface area contributed by atoms with Gasteiger partial charge in [0.2, 0.25) is 0 Å². The monoisotopic (exact) mass is 197 g/mol. The van der Waals surface area contributed by atoms with E-state index in [0.717, 1.165) is 4.88 Å². The molecule has 0 unspecified atom stereocenters. The molecule has 1 rings (SSSR count). The van der Waals surface area contributed by atoms with Gasteiger partial charge in [-0.3, -0.25) is 4.79 Å². The summed E-state index contributed by atoms with van der Waals surface area (Å²) in [5.41, 5.74) is 1.35. The zero-order chi connectivity index (χ0) is 10.1. The van der Waals surface area contributed by atoms with Gasteiger partial charge in [-0.25, -0.2) is 0 Å². The second kappa shape index (κ2) is 3.50. The Kier molecular flexibility index (Phi) is 2.76. The van der Waals surface area contributed by atoms with Crippen LogP contribution in [0.2, 0.25) is 0 Å². The summed E-state index contributed by atoms with van der Waals surface area (Å²) in [5.74, 6) is 0.000463. The second-order valence-corrected chi connectivity index (χ2v) is 4.94. The van der Waals surface area contributed by atoms with E-state index < -0.39 is 0 Å². The Morgan fingerprint density at radius 3 is 2.46 bits per heavy atom. The first-order chi connectivity index (χ1) is 5.95. The van der Waals surface area contributed by atoms with Crippen molar-refractivity contribution in [1.82, 2.24) is 5.32 Å². The summed E-state index contributed by atoms with van der Waals surface area (Å²) in [5, 5.41) is 4.66. The van der Waals surface area contributed by atoms with Crippen molar-refractivity contribution >= 4 is 17.2 Å². The normalized spacial score (nSPS) is 11.4. The van der Waals surface area contributed by atoms with Crippen LogP contribution in [-0.4, -0.2) is 13.0 Å². The quantitative estimate of drug-likeness (QED) is 0.736. The molecule has 1 aromatic heterocycles. The Labute approximate surface area is 83.0 Å². The molecular weight excluding hydrogens is 182 g/mol. The summed E-state index contributed by atoms with van der Waals surface area (Å²) in [4.78, 5) is 12.0. The standard InChI is InChI=1S/C10H15NOS/c1-10(2,3)7-5-8(13-6-7)9(12)11-4/h5-6H,1-4H3,(H,11,12). The topological polar surface area (TPSA) is 29.1 Å². The van der Waals surface area contributed by atoms with Crippen LogP contribution in [0.3, 0.4) is 0 Å². The summed E-state index contributed by atoms with van der Waals surface area (Å²) in [7, 11) is 1.65. The maximum absolute atomic E-state index is 11.3. The largest absolute Gasteiger partial charge is 0.354 e. The number of nitrogens with one attached hydrogen (secondary N) is 1. The Bertz CT molecular complexity index is 309. The minimum atomic E-state index is 0.000463. The Morgan fingerprint density at radius 1 is 1.46 bits per heavy atom. The predicted molar refractivity (Wildman–Crippen MR) is 56.4 cm³/mol. The number of hydrogen-bond acceptors (Lipinski definition) is 2. The Hall–Kier alpha value is -0.830. The first kappa shape index (κ1) is 10.3. The lowest BCUT2D eigenvalue weighted by atomic mass is 9.89. The zero-order valence-electron chi connectivity index (χ0n) is 8.47. The number of carbonyl (C=O) groups is 1. The Balaban J connectivity index is 2.93. The molecule has 0 aromatic carbocycles. The van der Waals surface area contributed by atoms with Crippen LogP contribution in [0.4, 0.5) is 0 Å². The molecule has 0 saturated heterocycles. The summed E-state index contributed by atoms with van der Waals surface area (Å²) in [6.45, 7) is 6.42. The number of thiophene rings is 1. The van der Waals surface area contributed by atoms with Gasteiger partial charge in [0.1, 0.15) is 0 Å². The van der Waals surface area contributed by atoms with Crippen LogP contribution < -0.4 is 5.32 Å². The highest BCUT2D eigenvalue weighted by Crippen LogP contribution is 2.26. The molecule has 2 nitrogen and oxygen atoms in total. The average Bonchev–Trinajstić information content (AvgIpc) is 2.50. The molecule has 0 aliphatic rings. The van der Waals surface area contributed by atoms with Crippen molar-refractivity contribution in [1.29, 1.82) is 0 Å². The van der Waals surface area contributed by atoms with Gasteiger partial charge in [-0.15, -0.1) is 11.3 Å². The van der Waals surface area contributed by atoms with Crippen molar-refractivity contribution in [2.75, 3.05) is 7.05 Å². The molecule has 0 aliphatic carbocycles. The van der Waals surface area contributed by atoms with E-state index in [2.05, 4.69) is 26.1 Å². The van der Waals surface area contributed by atoms with Gasteiger partial charge in [0.25, 0.3) is 5.91 Å². The van der Waals surface area contributed by atoms with Crippen LogP contribution >= 0.6 is 11.3 Å². The summed E-state index contributed by atoms with van der Waals surface area (Å²) in [6.07, 6.45) is 0. The van der Waals surface area contributed by atoms with Crippen molar-refractivity contribution in [2.45, 2.75) is 26.2 Å². The molecule has 0 saturated carbocycles. The zero-order valence-corrected chi connectivity index (χ0v) is 9.29. The lowest BCUT2D eigenvalue weighted by Gasteiger charge is -2.15. The van der Waals surface area contributed by atoms with E-state index >= 15 is 0 Å². The molecule has 0 atom stereocenters. The third-order valence-electron chi connectivity index (χ3n) is 1.92. The molecule has 0 spiro atoms. The van der Waals surface area contributed by atoms with Crippen LogP contribution in [0.15, 0.2) is 11.4 Å². The molecule has 1 heterocycles. The summed E-state index contributed by atoms with van der Waals surface area (Å²) < 4.78 is 0. The highest BCUT2D eigenvalue weighted by atomic mass is 32.1. The fraction of sp³-hybridized carbons (Fsp3) is 0.500. The van der Waals surface area contributed by atoms with Crippen LogP contribution in [0.5, 0.6) is 0 Å². The van der Waals surface area contributed by atoms with Crippen LogP contribution in [-0.2, 0) is 5.41 Å². The van der Waals surface area contributed by atoms with Crippen molar-refractivity contribution in [3.8, 4) is 0 Å². The van der Waals surface area contributed by atoms with E-state index in [4.69, 9.17) is 0 Å². The van der Waals surface area contributed by atoms with Gasteiger partial charge in [-0.1, -0.05) is 20.8 Å². The first-order valence-corrected chi connectivity index (χ1v) is 5.14. The number of amides is 1. The summed E-state index contributed by atoms with van der Waals surface area (Å²) >= 11 is 1.50. The molecule has 13 heavy (non-hydrogen) atoms. The van der Waals surface area contributed by atoms with E-state index in [0.29, 0.717) is 0 Å². The SMILES string of the molecule is CNC(=O)c1cc(C(C)(C)C)cs1. The van der Waals surface area contributed by atoms with E-state index in [1.165, 1.54) is 16.9 Å². The smallest absolute Gasteiger partial charge is 0.261 e. The van der Waals surface area contributed by atoms with E-state index in [-0.39, 0.29) is 11.3 Å².